The Labute approximate surface area is 178 Å². The number of methoxy groups -OCH3 is 4. The van der Waals surface area contributed by atoms with Crippen molar-refractivity contribution >= 4 is 5.91 Å². The van der Waals surface area contributed by atoms with Crippen molar-refractivity contribution < 1.29 is 23.7 Å². The zero-order valence-electron chi connectivity index (χ0n) is 18.1. The zero-order chi connectivity index (χ0) is 21.5. The van der Waals surface area contributed by atoms with E-state index in [0.717, 1.165) is 31.8 Å². The molecule has 1 aliphatic rings. The van der Waals surface area contributed by atoms with Crippen LogP contribution in [0, 0.1) is 0 Å². The van der Waals surface area contributed by atoms with Crippen LogP contribution in [0.25, 0.3) is 0 Å². The van der Waals surface area contributed by atoms with Crippen LogP contribution < -0.4 is 18.9 Å². The van der Waals surface area contributed by atoms with Crippen molar-refractivity contribution in [1.82, 2.24) is 9.80 Å². The van der Waals surface area contributed by atoms with Crippen molar-refractivity contribution in [3.63, 3.8) is 0 Å². The molecule has 0 aromatic heterocycles. The highest BCUT2D eigenvalue weighted by molar-refractivity contribution is 5.95. The molecule has 0 spiro atoms. The third-order valence-corrected chi connectivity index (χ3v) is 5.35. The lowest BCUT2D eigenvalue weighted by molar-refractivity contribution is 0.0760. The topological polar surface area (TPSA) is 60.5 Å². The van der Waals surface area contributed by atoms with Crippen LogP contribution in [0.4, 0.5) is 0 Å². The minimum Gasteiger partial charge on any atom is -0.497 e. The first-order chi connectivity index (χ1) is 14.6. The summed E-state index contributed by atoms with van der Waals surface area (Å²) in [6, 6.07) is 11.6. The van der Waals surface area contributed by atoms with Crippen molar-refractivity contribution in [2.24, 2.45) is 0 Å². The summed E-state index contributed by atoms with van der Waals surface area (Å²) in [5.41, 5.74) is 1.77. The van der Waals surface area contributed by atoms with Crippen LogP contribution in [0.3, 0.4) is 0 Å². The molecule has 7 heteroatoms. The number of benzene rings is 2. The standard InChI is InChI=1S/C23H30N2O5/c1-27-19-8-6-17(7-9-19)16-24-10-5-11-25(13-12-24)23(26)18-14-20(28-2)22(30-4)21(15-18)29-3/h6-9,14-15H,5,10-13,16H2,1-4H3. The van der Waals surface area contributed by atoms with Gasteiger partial charge in [-0.05, 0) is 36.2 Å². The maximum atomic E-state index is 13.2. The van der Waals surface area contributed by atoms with E-state index in [2.05, 4.69) is 17.0 Å². The Morgan fingerprint density at radius 3 is 2.07 bits per heavy atom. The molecule has 0 saturated carbocycles. The van der Waals surface area contributed by atoms with Gasteiger partial charge in [0, 0.05) is 38.3 Å². The molecule has 0 radical (unpaired) electrons. The third kappa shape index (κ3) is 4.97. The molecule has 0 atom stereocenters. The van der Waals surface area contributed by atoms with Crippen molar-refractivity contribution in [3.05, 3.63) is 47.5 Å². The molecule has 1 aliphatic heterocycles. The van der Waals surface area contributed by atoms with Crippen LogP contribution in [0.5, 0.6) is 23.0 Å². The molecule has 0 aliphatic carbocycles. The molecular formula is C23H30N2O5. The second kappa shape index (κ2) is 10.2. The smallest absolute Gasteiger partial charge is 0.254 e. The summed E-state index contributed by atoms with van der Waals surface area (Å²) < 4.78 is 21.4. The van der Waals surface area contributed by atoms with Crippen LogP contribution in [0.1, 0.15) is 22.3 Å². The van der Waals surface area contributed by atoms with E-state index in [1.807, 2.05) is 17.0 Å². The molecule has 7 nitrogen and oxygen atoms in total. The number of amides is 1. The molecule has 1 fully saturated rings. The maximum Gasteiger partial charge on any atom is 0.254 e. The van der Waals surface area contributed by atoms with Gasteiger partial charge in [-0.3, -0.25) is 9.69 Å². The summed E-state index contributed by atoms with van der Waals surface area (Å²) in [7, 11) is 6.32. The van der Waals surface area contributed by atoms with Crippen molar-refractivity contribution in [3.8, 4) is 23.0 Å². The first-order valence-electron chi connectivity index (χ1n) is 10.0. The number of nitrogens with zero attached hydrogens (tertiary/aromatic N) is 2. The highest BCUT2D eigenvalue weighted by Gasteiger charge is 2.23. The zero-order valence-corrected chi connectivity index (χ0v) is 18.1. The Morgan fingerprint density at radius 2 is 1.50 bits per heavy atom. The molecule has 30 heavy (non-hydrogen) atoms. The van der Waals surface area contributed by atoms with Gasteiger partial charge < -0.3 is 23.8 Å². The van der Waals surface area contributed by atoms with E-state index in [4.69, 9.17) is 18.9 Å². The van der Waals surface area contributed by atoms with Crippen molar-refractivity contribution in [2.45, 2.75) is 13.0 Å². The lowest BCUT2D eigenvalue weighted by Crippen LogP contribution is -2.35. The summed E-state index contributed by atoms with van der Waals surface area (Å²) in [5, 5.41) is 0. The van der Waals surface area contributed by atoms with Crippen molar-refractivity contribution in [2.75, 3.05) is 54.6 Å². The Morgan fingerprint density at radius 1 is 0.833 bits per heavy atom. The predicted octanol–water partition coefficient (Wildman–Crippen LogP) is 3.07. The molecule has 0 unspecified atom stereocenters. The van der Waals surface area contributed by atoms with E-state index in [1.165, 1.54) is 5.56 Å². The Balaban J connectivity index is 1.68. The molecule has 1 heterocycles. The first kappa shape index (κ1) is 21.8. The largest absolute Gasteiger partial charge is 0.497 e. The summed E-state index contributed by atoms with van der Waals surface area (Å²) in [4.78, 5) is 17.4. The Kier molecular flexibility index (Phi) is 7.41. The van der Waals surface area contributed by atoms with Gasteiger partial charge in [0.05, 0.1) is 28.4 Å². The molecule has 2 aromatic carbocycles. The normalized spacial score (nSPS) is 14.7. The lowest BCUT2D eigenvalue weighted by Gasteiger charge is -2.23. The van der Waals surface area contributed by atoms with Gasteiger partial charge in [0.2, 0.25) is 5.75 Å². The summed E-state index contributed by atoms with van der Waals surface area (Å²) in [5.74, 6) is 2.28. The van der Waals surface area contributed by atoms with E-state index in [1.54, 1.807) is 40.6 Å². The predicted molar refractivity (Wildman–Crippen MR) is 115 cm³/mol. The van der Waals surface area contributed by atoms with Crippen molar-refractivity contribution in [1.29, 1.82) is 0 Å². The molecule has 2 aromatic rings. The van der Waals surface area contributed by atoms with Crippen LogP contribution in [0.15, 0.2) is 36.4 Å². The number of carbonyl (C=O) groups excluding carboxylic acids is 1. The number of ether oxygens (including phenoxy) is 4. The van der Waals surface area contributed by atoms with E-state index in [9.17, 15) is 4.79 Å². The van der Waals surface area contributed by atoms with Gasteiger partial charge >= 0.3 is 0 Å². The number of carbonyl (C=O) groups is 1. The van der Waals surface area contributed by atoms with E-state index >= 15 is 0 Å². The molecule has 0 bridgehead atoms. The van der Waals surface area contributed by atoms with E-state index < -0.39 is 0 Å². The number of hydrogen-bond donors (Lipinski definition) is 0. The summed E-state index contributed by atoms with van der Waals surface area (Å²) in [6.07, 6.45) is 0.923. The van der Waals surface area contributed by atoms with Gasteiger partial charge in [0.15, 0.2) is 11.5 Å². The van der Waals surface area contributed by atoms with Gasteiger partial charge in [-0.2, -0.15) is 0 Å². The quantitative estimate of drug-likeness (QED) is 0.694. The van der Waals surface area contributed by atoms with Gasteiger partial charge in [-0.1, -0.05) is 12.1 Å². The third-order valence-electron chi connectivity index (χ3n) is 5.35. The molecule has 1 amide bonds. The van der Waals surface area contributed by atoms with E-state index in [-0.39, 0.29) is 5.91 Å². The highest BCUT2D eigenvalue weighted by atomic mass is 16.5. The minimum absolute atomic E-state index is 0.0273. The van der Waals surface area contributed by atoms with Gasteiger partial charge in [-0.15, -0.1) is 0 Å². The Bertz CT molecular complexity index is 828. The van der Waals surface area contributed by atoms with Crippen LogP contribution >= 0.6 is 0 Å². The van der Waals surface area contributed by atoms with Gasteiger partial charge in [0.25, 0.3) is 5.91 Å². The fourth-order valence-corrected chi connectivity index (χ4v) is 3.71. The molecule has 162 valence electrons. The summed E-state index contributed by atoms with van der Waals surface area (Å²) >= 11 is 0. The molecule has 3 rings (SSSR count). The molecular weight excluding hydrogens is 384 g/mol. The Hall–Kier alpha value is -2.93. The van der Waals surface area contributed by atoms with Gasteiger partial charge in [-0.25, -0.2) is 0 Å². The average molecular weight is 415 g/mol. The SMILES string of the molecule is COc1ccc(CN2CCCN(C(=O)c3cc(OC)c(OC)c(OC)c3)CC2)cc1. The lowest BCUT2D eigenvalue weighted by atomic mass is 10.1. The van der Waals surface area contributed by atoms with Crippen LogP contribution in [-0.4, -0.2) is 70.3 Å². The maximum absolute atomic E-state index is 13.2. The minimum atomic E-state index is -0.0273. The van der Waals surface area contributed by atoms with E-state index in [0.29, 0.717) is 35.9 Å². The van der Waals surface area contributed by atoms with Crippen LogP contribution in [-0.2, 0) is 6.54 Å². The summed E-state index contributed by atoms with van der Waals surface area (Å²) in [6.45, 7) is 4.02. The van der Waals surface area contributed by atoms with Gasteiger partial charge in [0.1, 0.15) is 5.75 Å². The average Bonchev–Trinajstić information content (AvgIpc) is 3.03. The molecule has 1 saturated heterocycles. The number of rotatable bonds is 7. The molecule has 0 N–H and O–H groups in total. The fourth-order valence-electron chi connectivity index (χ4n) is 3.71. The monoisotopic (exact) mass is 414 g/mol. The second-order valence-corrected chi connectivity index (χ2v) is 7.18. The fraction of sp³-hybridized carbons (Fsp3) is 0.435. The number of hydrogen-bond acceptors (Lipinski definition) is 6. The van der Waals surface area contributed by atoms with Crippen LogP contribution in [0.2, 0.25) is 0 Å². The highest BCUT2D eigenvalue weighted by Crippen LogP contribution is 2.38. The first-order valence-corrected chi connectivity index (χ1v) is 10.0. The second-order valence-electron chi connectivity index (χ2n) is 7.18.